The van der Waals surface area contributed by atoms with Gasteiger partial charge in [-0.3, -0.25) is 0 Å². The summed E-state index contributed by atoms with van der Waals surface area (Å²) in [4.78, 5) is 2.38. The van der Waals surface area contributed by atoms with E-state index in [1.807, 2.05) is 12.1 Å². The molecule has 0 aliphatic heterocycles. The van der Waals surface area contributed by atoms with E-state index in [-0.39, 0.29) is 0 Å². The minimum absolute atomic E-state index is 0.885. The number of aryl methyl sites for hydroxylation is 1. The van der Waals surface area contributed by atoms with Crippen LogP contribution in [0.2, 0.25) is 0 Å². The van der Waals surface area contributed by atoms with E-state index in [4.69, 9.17) is 4.42 Å². The second-order valence-corrected chi connectivity index (χ2v) is 14.9. The molecule has 0 amide bonds. The molecule has 0 N–H and O–H groups in total. The predicted octanol–water partition coefficient (Wildman–Crippen LogP) is 16.2. The van der Waals surface area contributed by atoms with Crippen molar-refractivity contribution in [2.24, 2.45) is 0 Å². The zero-order chi connectivity index (χ0) is 39.0. The average Bonchev–Trinajstić information content (AvgIpc) is 3.67. The summed E-state index contributed by atoms with van der Waals surface area (Å²) in [6.07, 6.45) is 4.25. The number of fused-ring (bicyclic) bond motifs is 4. The number of hydrogen-bond acceptors (Lipinski definition) is 2. The van der Waals surface area contributed by atoms with Crippen molar-refractivity contribution in [3.8, 4) is 44.5 Å². The third-order valence-electron chi connectivity index (χ3n) is 11.4. The molecule has 0 aliphatic rings. The number of nitrogens with zero attached hydrogens (tertiary/aromatic N) is 1. The fourth-order valence-electron chi connectivity index (χ4n) is 8.47. The fraction of sp³-hybridized carbons (Fsp3) is 0.0357. The number of anilines is 3. The highest BCUT2D eigenvalue weighted by Gasteiger charge is 2.20. The monoisotopic (exact) mass is 743 g/mol. The molecule has 10 rings (SSSR count). The van der Waals surface area contributed by atoms with E-state index in [0.29, 0.717) is 0 Å². The second-order valence-electron chi connectivity index (χ2n) is 14.9. The van der Waals surface area contributed by atoms with Crippen LogP contribution in [-0.4, -0.2) is 0 Å². The molecule has 276 valence electrons. The quantitative estimate of drug-likeness (QED) is 0.154. The SMILES string of the molecule is C/C=C\c1ccc(-c2ccc(-c3ccc(N(c4ccc(-c5cccc6ccccc56)cc4)c4ccccc4-c4cccc5oc6ccccc6c45)cc3)cc2)cc1C. The van der Waals surface area contributed by atoms with Crippen molar-refractivity contribution in [3.63, 3.8) is 0 Å². The zero-order valence-electron chi connectivity index (χ0n) is 32.6. The van der Waals surface area contributed by atoms with Crippen molar-refractivity contribution in [1.29, 1.82) is 0 Å². The van der Waals surface area contributed by atoms with E-state index < -0.39 is 0 Å². The predicted molar refractivity (Wildman–Crippen MR) is 247 cm³/mol. The van der Waals surface area contributed by atoms with Gasteiger partial charge in [-0.1, -0.05) is 170 Å². The highest BCUT2D eigenvalue weighted by molar-refractivity contribution is 6.14. The van der Waals surface area contributed by atoms with Gasteiger partial charge in [-0.2, -0.15) is 0 Å². The Kier molecular flexibility index (Phi) is 9.01. The van der Waals surface area contributed by atoms with Gasteiger partial charge in [-0.15, -0.1) is 0 Å². The van der Waals surface area contributed by atoms with Gasteiger partial charge >= 0.3 is 0 Å². The molecule has 9 aromatic carbocycles. The first-order chi connectivity index (χ1) is 28.6. The first kappa shape index (κ1) is 35.0. The van der Waals surface area contributed by atoms with Gasteiger partial charge in [0.15, 0.2) is 0 Å². The van der Waals surface area contributed by atoms with Crippen LogP contribution in [0.4, 0.5) is 17.1 Å². The van der Waals surface area contributed by atoms with Crippen LogP contribution in [0.1, 0.15) is 18.1 Å². The highest BCUT2D eigenvalue weighted by Crippen LogP contribution is 2.45. The molecule has 0 saturated heterocycles. The maximum absolute atomic E-state index is 6.36. The normalized spacial score (nSPS) is 11.6. The number of hydrogen-bond donors (Lipinski definition) is 0. The van der Waals surface area contributed by atoms with Gasteiger partial charge in [-0.05, 0) is 117 Å². The molecule has 1 heterocycles. The Morgan fingerprint density at radius 2 is 0.966 bits per heavy atom. The zero-order valence-corrected chi connectivity index (χ0v) is 32.6. The Hall–Kier alpha value is -7.42. The van der Waals surface area contributed by atoms with Gasteiger partial charge < -0.3 is 9.32 Å². The maximum atomic E-state index is 6.36. The van der Waals surface area contributed by atoms with Gasteiger partial charge in [0, 0.05) is 27.7 Å². The van der Waals surface area contributed by atoms with Crippen LogP contribution < -0.4 is 4.90 Å². The lowest BCUT2D eigenvalue weighted by Gasteiger charge is -2.28. The van der Waals surface area contributed by atoms with Crippen LogP contribution in [0.25, 0.3) is 83.3 Å². The van der Waals surface area contributed by atoms with E-state index in [9.17, 15) is 0 Å². The highest BCUT2D eigenvalue weighted by atomic mass is 16.3. The third kappa shape index (κ3) is 6.35. The van der Waals surface area contributed by atoms with Gasteiger partial charge in [0.05, 0.1) is 5.69 Å². The van der Waals surface area contributed by atoms with E-state index >= 15 is 0 Å². The number of furan rings is 1. The molecule has 0 aliphatic carbocycles. The smallest absolute Gasteiger partial charge is 0.136 e. The first-order valence-corrected chi connectivity index (χ1v) is 20.0. The largest absolute Gasteiger partial charge is 0.456 e. The Morgan fingerprint density at radius 3 is 1.71 bits per heavy atom. The third-order valence-corrected chi connectivity index (χ3v) is 11.4. The van der Waals surface area contributed by atoms with E-state index in [1.165, 1.54) is 55.3 Å². The Bertz CT molecular complexity index is 3110. The molecule has 0 unspecified atom stereocenters. The number of benzene rings is 9. The second kappa shape index (κ2) is 14.9. The molecule has 10 aromatic rings. The molecule has 0 bridgehead atoms. The average molecular weight is 744 g/mol. The van der Waals surface area contributed by atoms with Crippen LogP contribution in [0, 0.1) is 6.92 Å². The first-order valence-electron chi connectivity index (χ1n) is 20.0. The standard InChI is InChI=1S/C56H41NO/c1-3-12-39-23-28-45(37-38(39)2)42-26-24-40(25-27-42)41-29-33-46(34-30-41)57(47-35-31-44(32-36-47)49-18-10-14-43-13-4-5-15-48(43)49)53-20-8-6-16-50(53)51-19-11-22-55-56(51)52-17-7-9-21-54(52)58-55/h3-37H,1-2H3/b12-3-. The molecular formula is C56H41NO. The van der Waals surface area contributed by atoms with E-state index in [0.717, 1.165) is 50.1 Å². The van der Waals surface area contributed by atoms with Crippen LogP contribution in [0.5, 0.6) is 0 Å². The molecule has 0 fully saturated rings. The summed E-state index contributed by atoms with van der Waals surface area (Å²) in [5.74, 6) is 0. The lowest BCUT2D eigenvalue weighted by atomic mass is 9.96. The van der Waals surface area contributed by atoms with Crippen molar-refractivity contribution in [2.45, 2.75) is 13.8 Å². The Morgan fingerprint density at radius 1 is 0.431 bits per heavy atom. The molecule has 0 radical (unpaired) electrons. The van der Waals surface area contributed by atoms with Crippen LogP contribution in [-0.2, 0) is 0 Å². The summed E-state index contributed by atoms with van der Waals surface area (Å²) >= 11 is 0. The van der Waals surface area contributed by atoms with Gasteiger partial charge in [-0.25, -0.2) is 0 Å². The van der Waals surface area contributed by atoms with Crippen molar-refractivity contribution in [3.05, 3.63) is 217 Å². The number of allylic oxidation sites excluding steroid dienone is 1. The van der Waals surface area contributed by atoms with Gasteiger partial charge in [0.2, 0.25) is 0 Å². The number of rotatable bonds is 8. The Labute approximate surface area is 339 Å². The summed E-state index contributed by atoms with van der Waals surface area (Å²) in [6.45, 7) is 4.24. The molecule has 0 spiro atoms. The van der Waals surface area contributed by atoms with E-state index in [2.05, 4.69) is 219 Å². The van der Waals surface area contributed by atoms with Crippen molar-refractivity contribution >= 4 is 55.8 Å². The minimum Gasteiger partial charge on any atom is -0.456 e. The molecule has 2 heteroatoms. The molecule has 58 heavy (non-hydrogen) atoms. The van der Waals surface area contributed by atoms with Gasteiger partial charge in [0.25, 0.3) is 0 Å². The summed E-state index contributed by atoms with van der Waals surface area (Å²) in [5, 5.41) is 4.73. The minimum atomic E-state index is 0.885. The van der Waals surface area contributed by atoms with Crippen LogP contribution in [0.15, 0.2) is 211 Å². The summed E-state index contributed by atoms with van der Waals surface area (Å²) in [7, 11) is 0. The van der Waals surface area contributed by atoms with Crippen LogP contribution >= 0.6 is 0 Å². The summed E-state index contributed by atoms with van der Waals surface area (Å²) < 4.78 is 6.36. The molecule has 1 aromatic heterocycles. The fourth-order valence-corrected chi connectivity index (χ4v) is 8.47. The van der Waals surface area contributed by atoms with E-state index in [1.54, 1.807) is 0 Å². The topological polar surface area (TPSA) is 16.4 Å². The van der Waals surface area contributed by atoms with Gasteiger partial charge in [0.1, 0.15) is 11.2 Å². The Balaban J connectivity index is 1.07. The van der Waals surface area contributed by atoms with Crippen molar-refractivity contribution in [2.75, 3.05) is 4.90 Å². The lowest BCUT2D eigenvalue weighted by molar-refractivity contribution is 0.669. The molecule has 0 atom stereocenters. The molecule has 2 nitrogen and oxygen atoms in total. The lowest BCUT2D eigenvalue weighted by Crippen LogP contribution is -2.11. The van der Waals surface area contributed by atoms with Crippen LogP contribution in [0.3, 0.4) is 0 Å². The van der Waals surface area contributed by atoms with Crippen molar-refractivity contribution in [1.82, 2.24) is 0 Å². The number of para-hydroxylation sites is 2. The molecule has 0 saturated carbocycles. The summed E-state index contributed by atoms with van der Waals surface area (Å²) in [6, 6.07) is 72.2. The van der Waals surface area contributed by atoms with Crippen molar-refractivity contribution < 1.29 is 4.42 Å². The molecular weight excluding hydrogens is 703 g/mol. The summed E-state index contributed by atoms with van der Waals surface area (Å²) in [5.41, 5.74) is 17.0. The maximum Gasteiger partial charge on any atom is 0.136 e.